The Bertz CT molecular complexity index is 1110. The highest BCUT2D eigenvalue weighted by Gasteiger charge is 2.35. The largest absolute Gasteiger partial charge is 0.385 e. The molecule has 0 aliphatic carbocycles. The van der Waals surface area contributed by atoms with E-state index in [1.54, 1.807) is 18.7 Å². The van der Waals surface area contributed by atoms with Gasteiger partial charge in [-0.05, 0) is 36.8 Å². The Hall–Kier alpha value is -3.43. The highest BCUT2D eigenvalue weighted by molar-refractivity contribution is 7.14. The summed E-state index contributed by atoms with van der Waals surface area (Å²) in [6.07, 6.45) is 2.23. The lowest BCUT2D eigenvalue weighted by atomic mass is 10.1. The van der Waals surface area contributed by atoms with Crippen LogP contribution in [0, 0.1) is 0 Å². The maximum absolute atomic E-state index is 12.7. The van der Waals surface area contributed by atoms with Crippen molar-refractivity contribution in [1.82, 2.24) is 14.9 Å². The van der Waals surface area contributed by atoms with Crippen molar-refractivity contribution in [3.63, 3.8) is 0 Å². The molecule has 8 nitrogen and oxygen atoms in total. The topological polar surface area (TPSA) is 101 Å². The number of benzene rings is 1. The van der Waals surface area contributed by atoms with Crippen LogP contribution in [0.2, 0.25) is 0 Å². The molecule has 4 rings (SSSR count). The number of anilines is 1. The van der Waals surface area contributed by atoms with E-state index in [-0.39, 0.29) is 23.6 Å². The number of hydrogen-bond donors (Lipinski definition) is 1. The first-order valence-electron chi connectivity index (χ1n) is 9.26. The number of hydrogen-bond acceptors (Lipinski definition) is 7. The number of methoxy groups -OCH3 is 1. The fourth-order valence-electron chi connectivity index (χ4n) is 3.13. The molecule has 1 N–H and O–H groups in total. The molecule has 0 fully saturated rings. The Morgan fingerprint density at radius 1 is 1.13 bits per heavy atom. The van der Waals surface area contributed by atoms with E-state index in [4.69, 9.17) is 4.74 Å². The maximum atomic E-state index is 12.7. The Balaban J connectivity index is 1.49. The van der Waals surface area contributed by atoms with Crippen LogP contribution >= 0.6 is 11.3 Å². The summed E-state index contributed by atoms with van der Waals surface area (Å²) in [5, 5.41) is 4.96. The number of amides is 3. The smallest absolute Gasteiger partial charge is 0.261 e. The molecular formula is C21H18N4O4S. The molecule has 0 saturated heterocycles. The summed E-state index contributed by atoms with van der Waals surface area (Å²) in [5.74, 6) is -1.15. The number of thiazole rings is 1. The number of fused-ring (bicyclic) bond motifs is 1. The quantitative estimate of drug-likeness (QED) is 0.464. The first-order valence-corrected chi connectivity index (χ1v) is 10.1. The number of nitrogens with one attached hydrogen (secondary N) is 1. The van der Waals surface area contributed by atoms with Crippen molar-refractivity contribution < 1.29 is 19.1 Å². The number of nitrogens with zero attached hydrogens (tertiary/aromatic N) is 3. The average Bonchev–Trinajstić information content (AvgIpc) is 3.33. The number of pyridine rings is 1. The summed E-state index contributed by atoms with van der Waals surface area (Å²) in [7, 11) is 1.56. The molecule has 30 heavy (non-hydrogen) atoms. The maximum Gasteiger partial charge on any atom is 0.261 e. The fourth-order valence-corrected chi connectivity index (χ4v) is 3.83. The Morgan fingerprint density at radius 2 is 1.97 bits per heavy atom. The van der Waals surface area contributed by atoms with Crippen molar-refractivity contribution in [1.29, 1.82) is 0 Å². The molecule has 1 aliphatic heterocycles. The number of ether oxygens (including phenoxy) is 1. The number of carbonyl (C=O) groups excluding carboxylic acids is 3. The van der Waals surface area contributed by atoms with Crippen LogP contribution in [0.15, 0.2) is 48.0 Å². The Morgan fingerprint density at radius 3 is 2.73 bits per heavy atom. The first-order chi connectivity index (χ1) is 14.6. The highest BCUT2D eigenvalue weighted by atomic mass is 32.1. The second-order valence-corrected chi connectivity index (χ2v) is 7.43. The zero-order chi connectivity index (χ0) is 21.1. The van der Waals surface area contributed by atoms with Crippen LogP contribution in [-0.2, 0) is 4.74 Å². The number of imide groups is 1. The lowest BCUT2D eigenvalue weighted by Crippen LogP contribution is -2.31. The molecule has 1 aromatic carbocycles. The zero-order valence-electron chi connectivity index (χ0n) is 16.1. The van der Waals surface area contributed by atoms with Gasteiger partial charge in [0.15, 0.2) is 5.13 Å². The molecule has 0 saturated carbocycles. The van der Waals surface area contributed by atoms with Crippen LogP contribution < -0.4 is 5.32 Å². The second-order valence-electron chi connectivity index (χ2n) is 6.58. The van der Waals surface area contributed by atoms with Gasteiger partial charge in [0.2, 0.25) is 0 Å². The monoisotopic (exact) mass is 422 g/mol. The third-order valence-electron chi connectivity index (χ3n) is 4.62. The molecule has 2 aromatic heterocycles. The minimum absolute atomic E-state index is 0.235. The van der Waals surface area contributed by atoms with Gasteiger partial charge in [-0.25, -0.2) is 4.98 Å². The van der Waals surface area contributed by atoms with E-state index in [0.29, 0.717) is 35.1 Å². The van der Waals surface area contributed by atoms with E-state index < -0.39 is 11.8 Å². The van der Waals surface area contributed by atoms with Crippen molar-refractivity contribution in [3.05, 3.63) is 64.7 Å². The van der Waals surface area contributed by atoms with Gasteiger partial charge < -0.3 is 4.74 Å². The molecule has 0 spiro atoms. The predicted octanol–water partition coefficient (Wildman–Crippen LogP) is 3.09. The first kappa shape index (κ1) is 19.9. The van der Waals surface area contributed by atoms with Crippen LogP contribution in [-0.4, -0.2) is 52.9 Å². The average molecular weight is 422 g/mol. The van der Waals surface area contributed by atoms with Crippen molar-refractivity contribution >= 4 is 34.2 Å². The van der Waals surface area contributed by atoms with Crippen LogP contribution in [0.3, 0.4) is 0 Å². The van der Waals surface area contributed by atoms with Gasteiger partial charge >= 0.3 is 0 Å². The molecular weight excluding hydrogens is 404 g/mol. The fraction of sp³-hybridized carbons (Fsp3) is 0.190. The van der Waals surface area contributed by atoms with E-state index >= 15 is 0 Å². The molecule has 152 valence electrons. The third-order valence-corrected chi connectivity index (χ3v) is 5.37. The summed E-state index contributed by atoms with van der Waals surface area (Å²) in [6, 6.07) is 10.0. The number of carbonyl (C=O) groups is 3. The van der Waals surface area contributed by atoms with Crippen molar-refractivity contribution in [3.8, 4) is 11.4 Å². The van der Waals surface area contributed by atoms with Gasteiger partial charge in [-0.2, -0.15) is 0 Å². The molecule has 0 radical (unpaired) electrons. The molecule has 9 heteroatoms. The van der Waals surface area contributed by atoms with Crippen LogP contribution in [0.4, 0.5) is 5.13 Å². The van der Waals surface area contributed by atoms with E-state index in [1.807, 2.05) is 18.2 Å². The van der Waals surface area contributed by atoms with Crippen LogP contribution in [0.1, 0.15) is 37.5 Å². The van der Waals surface area contributed by atoms with E-state index in [0.717, 1.165) is 0 Å². The SMILES string of the molecule is COCCCN1C(=O)c2ccc(C(=O)Nc3nc(-c4ccccn4)cs3)cc2C1=O. The summed E-state index contributed by atoms with van der Waals surface area (Å²) in [4.78, 5) is 47.5. The summed E-state index contributed by atoms with van der Waals surface area (Å²) < 4.78 is 4.98. The number of aromatic nitrogens is 2. The molecule has 3 aromatic rings. The molecule has 1 aliphatic rings. The van der Waals surface area contributed by atoms with Crippen molar-refractivity contribution in [2.75, 3.05) is 25.6 Å². The predicted molar refractivity (Wildman–Crippen MR) is 112 cm³/mol. The Labute approximate surface area is 176 Å². The normalized spacial score (nSPS) is 12.9. The molecule has 0 unspecified atom stereocenters. The second kappa shape index (κ2) is 8.52. The molecule has 3 heterocycles. The van der Waals surface area contributed by atoms with E-state index in [9.17, 15) is 14.4 Å². The molecule has 0 bridgehead atoms. The van der Waals surface area contributed by atoms with E-state index in [1.165, 1.54) is 34.4 Å². The van der Waals surface area contributed by atoms with Crippen molar-refractivity contribution in [2.45, 2.75) is 6.42 Å². The van der Waals surface area contributed by atoms with Crippen LogP contribution in [0.25, 0.3) is 11.4 Å². The van der Waals surface area contributed by atoms with Gasteiger partial charge in [-0.15, -0.1) is 11.3 Å². The molecule has 3 amide bonds. The zero-order valence-corrected chi connectivity index (χ0v) is 16.9. The summed E-state index contributed by atoms with van der Waals surface area (Å²) in [6.45, 7) is 0.729. The van der Waals surface area contributed by atoms with Gasteiger partial charge in [0, 0.05) is 37.4 Å². The number of rotatable bonds is 7. The highest BCUT2D eigenvalue weighted by Crippen LogP contribution is 2.26. The van der Waals surface area contributed by atoms with E-state index in [2.05, 4.69) is 15.3 Å². The standard InChI is InChI=1S/C21H18N4O4S/c1-29-10-4-9-25-19(27)14-7-6-13(11-15(14)20(25)28)18(26)24-21-23-17(12-30-21)16-5-2-3-8-22-16/h2-3,5-8,11-12H,4,9-10H2,1H3,(H,23,24,26). The van der Waals surface area contributed by atoms with Gasteiger partial charge in [0.25, 0.3) is 17.7 Å². The van der Waals surface area contributed by atoms with Crippen LogP contribution in [0.5, 0.6) is 0 Å². The lowest BCUT2D eigenvalue weighted by Gasteiger charge is -2.12. The minimum Gasteiger partial charge on any atom is -0.385 e. The van der Waals surface area contributed by atoms with Gasteiger partial charge in [0.1, 0.15) is 5.69 Å². The third kappa shape index (κ3) is 3.85. The summed E-state index contributed by atoms with van der Waals surface area (Å²) >= 11 is 1.28. The van der Waals surface area contributed by atoms with Gasteiger partial charge in [0.05, 0.1) is 16.8 Å². The Kier molecular flexibility index (Phi) is 5.64. The van der Waals surface area contributed by atoms with Gasteiger partial charge in [-0.3, -0.25) is 29.6 Å². The molecule has 0 atom stereocenters. The van der Waals surface area contributed by atoms with Gasteiger partial charge in [-0.1, -0.05) is 6.07 Å². The van der Waals surface area contributed by atoms with Crippen molar-refractivity contribution in [2.24, 2.45) is 0 Å². The summed E-state index contributed by atoms with van der Waals surface area (Å²) in [5.41, 5.74) is 2.20. The lowest BCUT2D eigenvalue weighted by molar-refractivity contribution is 0.0638. The minimum atomic E-state index is -0.405.